The van der Waals surface area contributed by atoms with Crippen LogP contribution in [0, 0.1) is 6.92 Å². The van der Waals surface area contributed by atoms with Crippen molar-refractivity contribution in [2.45, 2.75) is 34.1 Å². The van der Waals surface area contributed by atoms with Crippen molar-refractivity contribution in [3.63, 3.8) is 0 Å². The summed E-state index contributed by atoms with van der Waals surface area (Å²) in [6, 6.07) is 8.55. The lowest BCUT2D eigenvalue weighted by molar-refractivity contribution is 0.182. The van der Waals surface area contributed by atoms with E-state index in [9.17, 15) is 0 Å². The molecule has 1 aliphatic heterocycles. The fraction of sp³-hybridized carbons (Fsp3) is 0.435. The third kappa shape index (κ3) is 5.18. The van der Waals surface area contributed by atoms with E-state index in [4.69, 9.17) is 4.99 Å². The molecule has 3 heteroatoms. The number of hydrogen-bond acceptors (Lipinski definition) is 2. The second kappa shape index (κ2) is 10.1. The van der Waals surface area contributed by atoms with Gasteiger partial charge in [-0.1, -0.05) is 56.0 Å². The van der Waals surface area contributed by atoms with Crippen LogP contribution in [0.2, 0.25) is 0 Å². The molecule has 1 aliphatic rings. The van der Waals surface area contributed by atoms with Gasteiger partial charge in [-0.2, -0.15) is 0 Å². The summed E-state index contributed by atoms with van der Waals surface area (Å²) in [6.07, 6.45) is 7.15. The molecule has 1 aromatic rings. The summed E-state index contributed by atoms with van der Waals surface area (Å²) < 4.78 is 0. The molecule has 0 bridgehead atoms. The van der Waals surface area contributed by atoms with E-state index in [0.717, 1.165) is 43.3 Å². The summed E-state index contributed by atoms with van der Waals surface area (Å²) in [6.45, 7) is 17.8. The van der Waals surface area contributed by atoms with Crippen molar-refractivity contribution in [2.24, 2.45) is 4.99 Å². The van der Waals surface area contributed by atoms with E-state index in [-0.39, 0.29) is 0 Å². The van der Waals surface area contributed by atoms with Crippen LogP contribution in [0.25, 0.3) is 0 Å². The van der Waals surface area contributed by atoms with Gasteiger partial charge in [0.2, 0.25) is 0 Å². The average molecular weight is 352 g/mol. The third-order valence-corrected chi connectivity index (χ3v) is 4.87. The summed E-state index contributed by atoms with van der Waals surface area (Å²) in [7, 11) is 0. The highest BCUT2D eigenvalue weighted by atomic mass is 15.3. The van der Waals surface area contributed by atoms with Crippen LogP contribution >= 0.6 is 0 Å². The topological polar surface area (TPSA) is 18.8 Å². The number of aryl methyl sites for hydroxylation is 1. The van der Waals surface area contributed by atoms with Crippen LogP contribution in [-0.2, 0) is 0 Å². The zero-order valence-electron chi connectivity index (χ0n) is 16.8. The molecule has 1 saturated heterocycles. The summed E-state index contributed by atoms with van der Waals surface area (Å²) in [5, 5.41) is 0. The van der Waals surface area contributed by atoms with Gasteiger partial charge in [0, 0.05) is 31.7 Å². The predicted octanol–water partition coefficient (Wildman–Crippen LogP) is 4.81. The average Bonchev–Trinajstić information content (AvgIpc) is 2.65. The van der Waals surface area contributed by atoms with E-state index in [1.54, 1.807) is 0 Å². The first-order valence-corrected chi connectivity index (χ1v) is 9.68. The molecule has 0 aromatic heterocycles. The van der Waals surface area contributed by atoms with Crippen LogP contribution < -0.4 is 0 Å². The van der Waals surface area contributed by atoms with E-state index in [2.05, 4.69) is 67.5 Å². The smallest absolute Gasteiger partial charge is 0.136 e. The van der Waals surface area contributed by atoms with Gasteiger partial charge in [-0.3, -0.25) is 4.90 Å². The van der Waals surface area contributed by atoms with Gasteiger partial charge in [0.25, 0.3) is 0 Å². The number of aliphatic imine (C=N–C) groups is 1. The molecule has 0 atom stereocenters. The standard InChI is InChI=1S/C23H33N3/c1-6-11-20(5)22(8-3)24-23(21-13-10-9-12-19(21)4)26-17-15-25(14-7-2)16-18-26/h6,8-13H,1,7,14-18H2,2-5H3/b20-11-,22-8+,24-23?. The Morgan fingerprint density at radius 2 is 1.88 bits per heavy atom. The van der Waals surface area contributed by atoms with Gasteiger partial charge in [0.15, 0.2) is 0 Å². The third-order valence-electron chi connectivity index (χ3n) is 4.87. The first-order chi connectivity index (χ1) is 12.6. The van der Waals surface area contributed by atoms with Crippen LogP contribution in [0.5, 0.6) is 0 Å². The summed E-state index contributed by atoms with van der Waals surface area (Å²) in [4.78, 5) is 10.1. The highest BCUT2D eigenvalue weighted by Crippen LogP contribution is 2.19. The van der Waals surface area contributed by atoms with Crippen molar-refractivity contribution in [1.29, 1.82) is 0 Å². The molecule has 0 amide bonds. The van der Waals surface area contributed by atoms with Gasteiger partial charge in [-0.15, -0.1) is 0 Å². The van der Waals surface area contributed by atoms with Crippen LogP contribution in [-0.4, -0.2) is 48.4 Å². The van der Waals surface area contributed by atoms with Crippen molar-refractivity contribution in [3.05, 3.63) is 71.5 Å². The van der Waals surface area contributed by atoms with Crippen LogP contribution in [0.15, 0.2) is 65.3 Å². The maximum atomic E-state index is 5.11. The van der Waals surface area contributed by atoms with Gasteiger partial charge in [-0.25, -0.2) is 4.99 Å². The van der Waals surface area contributed by atoms with Crippen LogP contribution in [0.4, 0.5) is 0 Å². The van der Waals surface area contributed by atoms with E-state index in [1.807, 2.05) is 19.1 Å². The maximum Gasteiger partial charge on any atom is 0.136 e. The number of rotatable bonds is 6. The Hall–Kier alpha value is -2.13. The number of hydrogen-bond donors (Lipinski definition) is 0. The molecule has 26 heavy (non-hydrogen) atoms. The van der Waals surface area contributed by atoms with Crippen molar-refractivity contribution in [2.75, 3.05) is 32.7 Å². The molecule has 0 unspecified atom stereocenters. The van der Waals surface area contributed by atoms with Gasteiger partial charge in [0.05, 0.1) is 5.70 Å². The monoisotopic (exact) mass is 351 g/mol. The van der Waals surface area contributed by atoms with Crippen LogP contribution in [0.3, 0.4) is 0 Å². The zero-order valence-corrected chi connectivity index (χ0v) is 16.8. The Balaban J connectivity index is 2.38. The normalized spacial score (nSPS) is 17.5. The molecule has 3 nitrogen and oxygen atoms in total. The van der Waals surface area contributed by atoms with Gasteiger partial charge in [-0.05, 0) is 44.9 Å². The molecule has 1 fully saturated rings. The quantitative estimate of drug-likeness (QED) is 0.416. The summed E-state index contributed by atoms with van der Waals surface area (Å²) in [5.74, 6) is 1.09. The number of amidine groups is 1. The molecular formula is C23H33N3. The maximum absolute atomic E-state index is 5.11. The lowest BCUT2D eigenvalue weighted by atomic mass is 10.1. The number of benzene rings is 1. The second-order valence-corrected chi connectivity index (χ2v) is 6.84. The molecule has 1 aromatic carbocycles. The molecule has 1 heterocycles. The minimum atomic E-state index is 1.01. The van der Waals surface area contributed by atoms with Crippen molar-refractivity contribution in [3.8, 4) is 0 Å². The lowest BCUT2D eigenvalue weighted by Gasteiger charge is -2.37. The Bertz CT molecular complexity index is 689. The highest BCUT2D eigenvalue weighted by Gasteiger charge is 2.21. The molecule has 0 spiro atoms. The first kappa shape index (κ1) is 20.2. The largest absolute Gasteiger partial charge is 0.354 e. The van der Waals surface area contributed by atoms with Gasteiger partial charge >= 0.3 is 0 Å². The van der Waals surface area contributed by atoms with Gasteiger partial charge < -0.3 is 4.90 Å². The Labute approximate surface area is 159 Å². The summed E-state index contributed by atoms with van der Waals surface area (Å²) >= 11 is 0. The van der Waals surface area contributed by atoms with Crippen molar-refractivity contribution < 1.29 is 0 Å². The molecule has 0 saturated carbocycles. The fourth-order valence-electron chi connectivity index (χ4n) is 3.38. The van der Waals surface area contributed by atoms with E-state index < -0.39 is 0 Å². The summed E-state index contributed by atoms with van der Waals surface area (Å²) in [5.41, 5.74) is 4.64. The van der Waals surface area contributed by atoms with E-state index in [1.165, 1.54) is 24.1 Å². The first-order valence-electron chi connectivity index (χ1n) is 9.68. The number of allylic oxidation sites excluding steroid dienone is 4. The molecule has 0 radical (unpaired) electrons. The molecular weight excluding hydrogens is 318 g/mol. The van der Waals surface area contributed by atoms with Gasteiger partial charge in [0.1, 0.15) is 5.84 Å². The minimum Gasteiger partial charge on any atom is -0.354 e. The second-order valence-electron chi connectivity index (χ2n) is 6.84. The molecule has 140 valence electrons. The zero-order chi connectivity index (χ0) is 18.9. The Morgan fingerprint density at radius 1 is 1.19 bits per heavy atom. The highest BCUT2D eigenvalue weighted by molar-refractivity contribution is 6.01. The van der Waals surface area contributed by atoms with E-state index >= 15 is 0 Å². The lowest BCUT2D eigenvalue weighted by Crippen LogP contribution is -2.49. The SMILES string of the molecule is C=C/C=C(C)\C(=C/C)N=C(c1ccccc1C)N1CCN(CCC)CC1. The Kier molecular flexibility index (Phi) is 7.86. The predicted molar refractivity (Wildman–Crippen MR) is 114 cm³/mol. The van der Waals surface area contributed by atoms with E-state index in [0.29, 0.717) is 0 Å². The molecule has 0 N–H and O–H groups in total. The van der Waals surface area contributed by atoms with Crippen molar-refractivity contribution in [1.82, 2.24) is 9.80 Å². The minimum absolute atomic E-state index is 1.01. The number of piperazine rings is 1. The Morgan fingerprint density at radius 3 is 2.46 bits per heavy atom. The fourth-order valence-corrected chi connectivity index (χ4v) is 3.38. The number of nitrogens with zero attached hydrogens (tertiary/aromatic N) is 3. The molecule has 0 aliphatic carbocycles. The van der Waals surface area contributed by atoms with Crippen molar-refractivity contribution >= 4 is 5.84 Å². The van der Waals surface area contributed by atoms with Crippen LogP contribution in [0.1, 0.15) is 38.3 Å². The molecule has 2 rings (SSSR count).